The molecular formula is C13H33BrP2. The van der Waals surface area contributed by atoms with Crippen LogP contribution in [0.5, 0.6) is 0 Å². The van der Waals surface area contributed by atoms with Crippen LogP contribution in [0.15, 0.2) is 0 Å². The minimum absolute atomic E-state index is 0.812. The molecule has 0 aromatic carbocycles. The minimum atomic E-state index is -0.812. The summed E-state index contributed by atoms with van der Waals surface area (Å²) in [6.45, 7) is 9.63. The van der Waals surface area contributed by atoms with E-state index >= 15 is 0 Å². The van der Waals surface area contributed by atoms with E-state index in [0.29, 0.717) is 0 Å². The van der Waals surface area contributed by atoms with Gasteiger partial charge in [0.15, 0.2) is 0 Å². The van der Waals surface area contributed by atoms with Gasteiger partial charge in [-0.15, -0.1) is 0 Å². The molecule has 1 atom stereocenters. The number of hydrogen-bond donors (Lipinski definition) is 0. The topological polar surface area (TPSA) is 0 Å². The molecule has 0 N–H and O–H groups in total. The molecular weight excluding hydrogens is 298 g/mol. The fourth-order valence-corrected chi connectivity index (χ4v) is 6.56. The van der Waals surface area contributed by atoms with Crippen molar-refractivity contribution in [1.82, 2.24) is 0 Å². The van der Waals surface area contributed by atoms with Crippen LogP contribution in [0.4, 0.5) is 0 Å². The Labute approximate surface area is 115 Å². The van der Waals surface area contributed by atoms with Crippen LogP contribution in [-0.4, -0.2) is 25.2 Å². The quantitative estimate of drug-likeness (QED) is 0.459. The van der Waals surface area contributed by atoms with Crippen LogP contribution in [0.1, 0.15) is 59.3 Å². The van der Waals surface area contributed by atoms with Gasteiger partial charge in [0.05, 0.1) is 0 Å². The molecule has 0 radical (unpaired) electrons. The molecule has 0 fully saturated rings. The van der Waals surface area contributed by atoms with E-state index in [1.54, 1.807) is 18.5 Å². The van der Waals surface area contributed by atoms with E-state index in [0.717, 1.165) is 0 Å². The Morgan fingerprint density at radius 1 is 0.750 bits per heavy atom. The third kappa shape index (κ3) is 11.8. The van der Waals surface area contributed by atoms with Crippen LogP contribution in [0, 0.1) is 0 Å². The van der Waals surface area contributed by atoms with Crippen molar-refractivity contribution in [1.29, 1.82) is 0 Å². The molecule has 0 aliphatic heterocycles. The van der Waals surface area contributed by atoms with Crippen LogP contribution in [0.2, 0.25) is 0 Å². The number of hydrogen-bond acceptors (Lipinski definition) is 0. The first-order valence-corrected chi connectivity index (χ1v) is 13.2. The van der Waals surface area contributed by atoms with Crippen molar-refractivity contribution in [2.45, 2.75) is 59.3 Å². The maximum atomic E-state index is 2.85. The van der Waals surface area contributed by atoms with Gasteiger partial charge in [0, 0.05) is 0 Å². The summed E-state index contributed by atoms with van der Waals surface area (Å²) >= 11 is 2.85. The molecule has 3 heteroatoms. The maximum absolute atomic E-state index is 2.85. The molecule has 0 nitrogen and oxygen atoms in total. The van der Waals surface area contributed by atoms with Crippen molar-refractivity contribution < 1.29 is 0 Å². The average molecular weight is 331 g/mol. The van der Waals surface area contributed by atoms with Crippen molar-refractivity contribution in [3.8, 4) is 0 Å². The zero-order valence-electron chi connectivity index (χ0n) is 11.8. The zero-order valence-corrected chi connectivity index (χ0v) is 15.6. The van der Waals surface area contributed by atoms with E-state index in [9.17, 15) is 0 Å². The molecule has 1 unspecified atom stereocenters. The Bertz CT molecular complexity index is 107. The van der Waals surface area contributed by atoms with Gasteiger partial charge in [-0.2, -0.15) is 0 Å². The molecule has 0 heterocycles. The van der Waals surface area contributed by atoms with Gasteiger partial charge in [0.1, 0.15) is 0 Å². The minimum Gasteiger partial charge on any atom is -0.0679 e. The number of rotatable bonds is 9. The summed E-state index contributed by atoms with van der Waals surface area (Å²) in [6, 6.07) is 0. The van der Waals surface area contributed by atoms with Gasteiger partial charge in [-0.3, -0.25) is 0 Å². The van der Waals surface area contributed by atoms with Gasteiger partial charge >= 0.3 is 91.7 Å². The number of halogens is 1. The second-order valence-corrected chi connectivity index (χ2v) is 10.2. The molecule has 0 amide bonds. The van der Waals surface area contributed by atoms with Crippen molar-refractivity contribution in [3.05, 3.63) is 0 Å². The molecule has 0 saturated carbocycles. The van der Waals surface area contributed by atoms with Gasteiger partial charge in [-0.25, -0.2) is 0 Å². The first kappa shape index (κ1) is 19.7. The summed E-state index contributed by atoms with van der Waals surface area (Å²) in [5.74, 6) is 0. The van der Waals surface area contributed by atoms with Crippen LogP contribution in [0.25, 0.3) is 0 Å². The molecule has 0 saturated heterocycles. The molecule has 0 bridgehead atoms. The summed E-state index contributed by atoms with van der Waals surface area (Å²) in [6.07, 6.45) is 13.4. The zero-order chi connectivity index (χ0) is 12.9. The van der Waals surface area contributed by atoms with E-state index in [-0.39, 0.29) is 0 Å². The molecule has 0 aliphatic rings. The normalized spacial score (nSPS) is 11.9. The fraction of sp³-hybridized carbons (Fsp3) is 1.00. The smallest absolute Gasteiger partial charge is 0.0652 e. The van der Waals surface area contributed by atoms with Crippen LogP contribution >= 0.6 is 30.7 Å². The number of unbranched alkanes of at least 4 members (excludes halogenated alkanes) is 3. The van der Waals surface area contributed by atoms with Crippen molar-refractivity contribution in [2.75, 3.05) is 25.2 Å². The third-order valence-electron chi connectivity index (χ3n) is 3.40. The van der Waals surface area contributed by atoms with Gasteiger partial charge < -0.3 is 0 Å². The maximum Gasteiger partial charge on any atom is -0.0652 e. The Kier molecular flexibility index (Phi) is 17.7. The molecule has 16 heavy (non-hydrogen) atoms. The third-order valence-corrected chi connectivity index (χ3v) is 8.08. The fourth-order valence-electron chi connectivity index (χ4n) is 2.19. The summed E-state index contributed by atoms with van der Waals surface area (Å²) in [5.41, 5.74) is 0. The summed E-state index contributed by atoms with van der Waals surface area (Å²) < 4.78 is 0. The predicted molar refractivity (Wildman–Crippen MR) is 92.2 cm³/mol. The van der Waals surface area contributed by atoms with Crippen molar-refractivity contribution in [2.24, 2.45) is 0 Å². The molecule has 0 aromatic rings. The Morgan fingerprint density at radius 3 is 1.19 bits per heavy atom. The molecule has 0 spiro atoms. The second-order valence-electron chi connectivity index (χ2n) is 5.12. The SMILES string of the molecule is CCCC[PH](C)(CCCC)CCCC.PBr. The van der Waals surface area contributed by atoms with Crippen molar-refractivity contribution in [3.63, 3.8) is 0 Å². The van der Waals surface area contributed by atoms with Gasteiger partial charge in [-0.1, -0.05) is 23.4 Å². The summed E-state index contributed by atoms with van der Waals surface area (Å²) in [4.78, 5) is 0. The summed E-state index contributed by atoms with van der Waals surface area (Å²) in [5, 5.41) is 0. The Morgan fingerprint density at radius 2 is 1.00 bits per heavy atom. The van der Waals surface area contributed by atoms with E-state index < -0.39 is 7.26 Å². The average Bonchev–Trinajstić information content (AvgIpc) is 2.34. The van der Waals surface area contributed by atoms with E-state index in [1.165, 1.54) is 38.5 Å². The van der Waals surface area contributed by atoms with Crippen LogP contribution < -0.4 is 0 Å². The van der Waals surface area contributed by atoms with Gasteiger partial charge in [0.2, 0.25) is 0 Å². The molecule has 0 rings (SSSR count). The molecule has 102 valence electrons. The second kappa shape index (κ2) is 14.4. The summed E-state index contributed by atoms with van der Waals surface area (Å²) in [7, 11) is 1.42. The van der Waals surface area contributed by atoms with Crippen LogP contribution in [0.3, 0.4) is 0 Å². The van der Waals surface area contributed by atoms with Crippen LogP contribution in [-0.2, 0) is 0 Å². The molecule has 0 aromatic heterocycles. The van der Waals surface area contributed by atoms with Gasteiger partial charge in [0.25, 0.3) is 0 Å². The largest absolute Gasteiger partial charge is 0.0679 e. The molecule has 0 aliphatic carbocycles. The standard InChI is InChI=1S/C13H31P.BrH2P/c1-5-8-11-14(4,12-9-6-2)13-10-7-3;1-2/h14H,5-13H2,1-4H3;2H2. The van der Waals surface area contributed by atoms with E-state index in [1.807, 2.05) is 0 Å². The predicted octanol–water partition coefficient (Wildman–Crippen LogP) is 5.94. The van der Waals surface area contributed by atoms with E-state index in [2.05, 4.69) is 50.9 Å². The van der Waals surface area contributed by atoms with Gasteiger partial charge in [-0.05, 0) is 0 Å². The Hall–Kier alpha value is 1.34. The first-order chi connectivity index (χ1) is 7.68. The monoisotopic (exact) mass is 330 g/mol. The first-order valence-electron chi connectivity index (χ1n) is 6.90. The van der Waals surface area contributed by atoms with E-state index in [4.69, 9.17) is 0 Å². The van der Waals surface area contributed by atoms with Crippen molar-refractivity contribution >= 4 is 30.7 Å². The Balaban J connectivity index is 0.